The number of amides is 1. The van der Waals surface area contributed by atoms with Gasteiger partial charge in [-0.15, -0.1) is 0 Å². The first-order valence-electron chi connectivity index (χ1n) is 5.93. The van der Waals surface area contributed by atoms with Gasteiger partial charge in [-0.25, -0.2) is 0 Å². The second-order valence-corrected chi connectivity index (χ2v) is 5.96. The van der Waals surface area contributed by atoms with E-state index in [-0.39, 0.29) is 11.9 Å². The maximum absolute atomic E-state index is 11.6. The summed E-state index contributed by atoms with van der Waals surface area (Å²) in [5.74, 6) is 1.47. The number of rotatable bonds is 2. The average Bonchev–Trinajstić information content (AvgIpc) is 2.24. The second-order valence-electron chi connectivity index (χ2n) is 4.48. The number of hydrogen-bond donors (Lipinski definition) is 2. The summed E-state index contributed by atoms with van der Waals surface area (Å²) < 4.78 is 0. The molecule has 0 aromatic heterocycles. The van der Waals surface area contributed by atoms with Crippen molar-refractivity contribution >= 4 is 17.7 Å². The molecule has 15 heavy (non-hydrogen) atoms. The molecule has 2 aliphatic rings. The lowest BCUT2D eigenvalue weighted by atomic mass is 10.0. The molecule has 1 amide bonds. The van der Waals surface area contributed by atoms with E-state index in [1.165, 1.54) is 18.6 Å². The van der Waals surface area contributed by atoms with Crippen LogP contribution >= 0.6 is 11.8 Å². The van der Waals surface area contributed by atoms with Crippen LogP contribution < -0.4 is 10.6 Å². The van der Waals surface area contributed by atoms with Crippen LogP contribution in [-0.2, 0) is 4.79 Å². The number of carbonyl (C=O) groups is 1. The molecular formula is C11H20N2OS. The molecule has 0 spiro atoms. The van der Waals surface area contributed by atoms with Crippen LogP contribution in [0, 0.1) is 0 Å². The molecule has 2 saturated heterocycles. The Balaban J connectivity index is 1.86. The van der Waals surface area contributed by atoms with E-state index in [1.54, 1.807) is 0 Å². The molecule has 0 aliphatic carbocycles. The Hall–Kier alpha value is -0.220. The lowest BCUT2D eigenvalue weighted by Gasteiger charge is -2.33. The van der Waals surface area contributed by atoms with Crippen LogP contribution in [-0.4, -0.2) is 35.5 Å². The van der Waals surface area contributed by atoms with Crippen molar-refractivity contribution in [3.8, 4) is 0 Å². The summed E-state index contributed by atoms with van der Waals surface area (Å²) in [5.41, 5.74) is 0. The minimum Gasteiger partial charge on any atom is -0.355 e. The maximum atomic E-state index is 11.6. The molecule has 0 bridgehead atoms. The maximum Gasteiger partial charge on any atom is 0.237 e. The van der Waals surface area contributed by atoms with Gasteiger partial charge in [-0.1, -0.05) is 6.92 Å². The van der Waals surface area contributed by atoms with Gasteiger partial charge in [-0.2, -0.15) is 11.8 Å². The van der Waals surface area contributed by atoms with Gasteiger partial charge >= 0.3 is 0 Å². The van der Waals surface area contributed by atoms with Gasteiger partial charge in [0, 0.05) is 17.8 Å². The number of hydrogen-bond acceptors (Lipinski definition) is 3. The second kappa shape index (κ2) is 5.21. The minimum atomic E-state index is 0.0601. The van der Waals surface area contributed by atoms with Crippen molar-refractivity contribution in [2.45, 2.75) is 49.9 Å². The number of thioether (sulfide) groups is 1. The van der Waals surface area contributed by atoms with Crippen molar-refractivity contribution in [3.63, 3.8) is 0 Å². The molecule has 3 nitrogen and oxygen atoms in total. The van der Waals surface area contributed by atoms with Crippen molar-refractivity contribution < 1.29 is 4.79 Å². The van der Waals surface area contributed by atoms with Gasteiger partial charge in [0.2, 0.25) is 5.91 Å². The normalized spacial score (nSPS) is 37.4. The van der Waals surface area contributed by atoms with Crippen LogP contribution in [0.2, 0.25) is 0 Å². The van der Waals surface area contributed by atoms with Crippen molar-refractivity contribution in [1.29, 1.82) is 0 Å². The molecule has 2 aliphatic heterocycles. The largest absolute Gasteiger partial charge is 0.355 e. The van der Waals surface area contributed by atoms with E-state index in [9.17, 15) is 4.79 Å². The van der Waals surface area contributed by atoms with Crippen molar-refractivity contribution in [2.75, 3.05) is 12.3 Å². The van der Waals surface area contributed by atoms with E-state index in [2.05, 4.69) is 17.6 Å². The van der Waals surface area contributed by atoms with Crippen molar-refractivity contribution in [1.82, 2.24) is 10.6 Å². The summed E-state index contributed by atoms with van der Waals surface area (Å²) in [6.07, 6.45) is 4.61. The summed E-state index contributed by atoms with van der Waals surface area (Å²) >= 11 is 2.02. The topological polar surface area (TPSA) is 41.1 Å². The highest BCUT2D eigenvalue weighted by molar-refractivity contribution is 7.99. The highest BCUT2D eigenvalue weighted by Gasteiger charge is 2.28. The Kier molecular flexibility index (Phi) is 3.92. The monoisotopic (exact) mass is 228 g/mol. The number of carbonyl (C=O) groups excluding carboxylic acids is 1. The molecule has 2 fully saturated rings. The highest BCUT2D eigenvalue weighted by Crippen LogP contribution is 2.25. The van der Waals surface area contributed by atoms with Gasteiger partial charge in [0.05, 0.1) is 6.04 Å². The standard InChI is InChI=1S/C11H20N2OS/c1-8-9(5-3-7-15-8)13-10-4-2-6-12-11(10)14/h8-10,13H,2-7H2,1H3,(H,12,14). The Morgan fingerprint density at radius 1 is 1.40 bits per heavy atom. The van der Waals surface area contributed by atoms with E-state index in [0.717, 1.165) is 19.4 Å². The fraction of sp³-hybridized carbons (Fsp3) is 0.909. The van der Waals surface area contributed by atoms with Crippen LogP contribution in [0.25, 0.3) is 0 Å². The molecular weight excluding hydrogens is 208 g/mol. The molecule has 0 aromatic carbocycles. The molecule has 2 heterocycles. The molecule has 3 atom stereocenters. The van der Waals surface area contributed by atoms with Crippen LogP contribution in [0.1, 0.15) is 32.6 Å². The molecule has 2 rings (SSSR count). The zero-order chi connectivity index (χ0) is 10.7. The number of piperidine rings is 1. The quantitative estimate of drug-likeness (QED) is 0.744. The third-order valence-electron chi connectivity index (χ3n) is 3.31. The lowest BCUT2D eigenvalue weighted by molar-refractivity contribution is -0.124. The molecule has 86 valence electrons. The van der Waals surface area contributed by atoms with E-state index in [1.807, 2.05) is 11.8 Å². The highest BCUT2D eigenvalue weighted by atomic mass is 32.2. The van der Waals surface area contributed by atoms with Gasteiger partial charge in [0.15, 0.2) is 0 Å². The van der Waals surface area contributed by atoms with Gasteiger partial charge < -0.3 is 10.6 Å². The van der Waals surface area contributed by atoms with Crippen LogP contribution in [0.3, 0.4) is 0 Å². The van der Waals surface area contributed by atoms with E-state index in [4.69, 9.17) is 0 Å². The van der Waals surface area contributed by atoms with E-state index >= 15 is 0 Å². The zero-order valence-electron chi connectivity index (χ0n) is 9.29. The smallest absolute Gasteiger partial charge is 0.237 e. The molecule has 0 radical (unpaired) electrons. The Morgan fingerprint density at radius 2 is 2.27 bits per heavy atom. The Bertz CT molecular complexity index is 235. The first kappa shape index (κ1) is 11.3. The predicted molar refractivity (Wildman–Crippen MR) is 64.1 cm³/mol. The Labute approximate surface area is 95.8 Å². The zero-order valence-corrected chi connectivity index (χ0v) is 10.1. The van der Waals surface area contributed by atoms with E-state index < -0.39 is 0 Å². The first-order chi connectivity index (χ1) is 7.27. The van der Waals surface area contributed by atoms with Gasteiger partial charge in [-0.05, 0) is 31.4 Å². The fourth-order valence-corrected chi connectivity index (χ4v) is 3.48. The third kappa shape index (κ3) is 2.88. The number of nitrogens with one attached hydrogen (secondary N) is 2. The summed E-state index contributed by atoms with van der Waals surface area (Å²) in [6, 6.07) is 0.586. The predicted octanol–water partition coefficient (Wildman–Crippen LogP) is 1.14. The van der Waals surface area contributed by atoms with Crippen molar-refractivity contribution in [3.05, 3.63) is 0 Å². The van der Waals surface area contributed by atoms with Gasteiger partial charge in [0.25, 0.3) is 0 Å². The van der Waals surface area contributed by atoms with E-state index in [0.29, 0.717) is 11.3 Å². The molecule has 0 saturated carbocycles. The minimum absolute atomic E-state index is 0.0601. The lowest BCUT2D eigenvalue weighted by Crippen LogP contribution is -2.54. The molecule has 3 unspecified atom stereocenters. The summed E-state index contributed by atoms with van der Waals surface area (Å²) in [4.78, 5) is 11.6. The van der Waals surface area contributed by atoms with Crippen LogP contribution in [0.15, 0.2) is 0 Å². The summed E-state index contributed by atoms with van der Waals surface area (Å²) in [6.45, 7) is 3.12. The summed E-state index contributed by atoms with van der Waals surface area (Å²) in [7, 11) is 0. The SMILES string of the molecule is CC1SCCCC1NC1CCCNC1=O. The van der Waals surface area contributed by atoms with Gasteiger partial charge in [0.1, 0.15) is 0 Å². The third-order valence-corrected chi connectivity index (χ3v) is 4.69. The molecule has 4 heteroatoms. The molecule has 2 N–H and O–H groups in total. The van der Waals surface area contributed by atoms with Crippen molar-refractivity contribution in [2.24, 2.45) is 0 Å². The summed E-state index contributed by atoms with van der Waals surface area (Å²) in [5, 5.41) is 7.10. The fourth-order valence-electron chi connectivity index (χ4n) is 2.33. The first-order valence-corrected chi connectivity index (χ1v) is 6.97. The van der Waals surface area contributed by atoms with Crippen LogP contribution in [0.4, 0.5) is 0 Å². The van der Waals surface area contributed by atoms with Crippen LogP contribution in [0.5, 0.6) is 0 Å². The Morgan fingerprint density at radius 3 is 3.00 bits per heavy atom. The average molecular weight is 228 g/mol. The molecule has 0 aromatic rings. The van der Waals surface area contributed by atoms with Gasteiger partial charge in [-0.3, -0.25) is 4.79 Å².